The summed E-state index contributed by atoms with van der Waals surface area (Å²) >= 11 is 7.30. The number of halogens is 1. The number of nitrogens with zero attached hydrogens (tertiary/aromatic N) is 2. The van der Waals surface area contributed by atoms with Gasteiger partial charge >= 0.3 is 0 Å². The zero-order valence-electron chi connectivity index (χ0n) is 19.4. The van der Waals surface area contributed by atoms with Crippen molar-refractivity contribution >= 4 is 51.8 Å². The molecule has 0 atom stereocenters. The van der Waals surface area contributed by atoms with E-state index in [0.717, 1.165) is 5.56 Å². The van der Waals surface area contributed by atoms with Crippen molar-refractivity contribution in [1.29, 1.82) is 0 Å². The van der Waals surface area contributed by atoms with Crippen LogP contribution in [0.15, 0.2) is 88.8 Å². The number of carbonyl (C=O) groups excluding carboxylic acids is 2. The first kappa shape index (κ1) is 25.5. The Morgan fingerprint density at radius 3 is 2.44 bits per heavy atom. The number of anilines is 1. The molecule has 9 heteroatoms. The number of aromatic nitrogens is 2. The largest absolute Gasteiger partial charge is 0.352 e. The molecule has 0 radical (unpaired) electrons. The fraction of sp³-hybridized carbons (Fsp3) is 0.185. The second-order valence-corrected chi connectivity index (χ2v) is 9.40. The van der Waals surface area contributed by atoms with Crippen molar-refractivity contribution in [2.24, 2.45) is 0 Å². The van der Waals surface area contributed by atoms with Gasteiger partial charge in [0.2, 0.25) is 11.8 Å². The summed E-state index contributed by atoms with van der Waals surface area (Å²) in [5, 5.41) is 7.05. The number of carbonyl (C=O) groups is 2. The van der Waals surface area contributed by atoms with E-state index in [1.54, 1.807) is 47.0 Å². The molecule has 0 saturated heterocycles. The van der Waals surface area contributed by atoms with Crippen molar-refractivity contribution in [2.75, 3.05) is 11.1 Å². The van der Waals surface area contributed by atoms with Crippen molar-refractivity contribution < 1.29 is 9.59 Å². The Balaban J connectivity index is 1.42. The highest BCUT2D eigenvalue weighted by molar-refractivity contribution is 7.99. The lowest BCUT2D eigenvalue weighted by atomic mass is 10.2. The summed E-state index contributed by atoms with van der Waals surface area (Å²) in [5.41, 5.74) is 1.91. The average Bonchev–Trinajstić information content (AvgIpc) is 2.89. The minimum Gasteiger partial charge on any atom is -0.352 e. The summed E-state index contributed by atoms with van der Waals surface area (Å²) in [4.78, 5) is 42.7. The van der Waals surface area contributed by atoms with Gasteiger partial charge in [-0.1, -0.05) is 78.0 Å². The Hall–Kier alpha value is -3.62. The van der Waals surface area contributed by atoms with Gasteiger partial charge in [-0.25, -0.2) is 4.98 Å². The lowest BCUT2D eigenvalue weighted by Gasteiger charge is -2.13. The van der Waals surface area contributed by atoms with Gasteiger partial charge in [-0.15, -0.1) is 0 Å². The Morgan fingerprint density at radius 2 is 1.64 bits per heavy atom. The molecule has 1 heterocycles. The highest BCUT2D eigenvalue weighted by Gasteiger charge is 2.14. The molecule has 1 aromatic heterocycles. The fourth-order valence-corrected chi connectivity index (χ4v) is 4.62. The maximum atomic E-state index is 13.2. The highest BCUT2D eigenvalue weighted by Crippen LogP contribution is 2.22. The predicted molar refractivity (Wildman–Crippen MR) is 144 cm³/mol. The van der Waals surface area contributed by atoms with Crippen LogP contribution in [0.3, 0.4) is 0 Å². The Labute approximate surface area is 217 Å². The van der Waals surface area contributed by atoms with E-state index in [1.807, 2.05) is 36.4 Å². The second kappa shape index (κ2) is 12.4. The summed E-state index contributed by atoms with van der Waals surface area (Å²) in [6, 6.07) is 23.8. The van der Waals surface area contributed by atoms with Crippen LogP contribution in [-0.4, -0.2) is 27.1 Å². The molecular formula is C27H25ClN4O3S. The first-order valence-electron chi connectivity index (χ1n) is 11.5. The number of hydrogen-bond donors (Lipinski definition) is 2. The third kappa shape index (κ3) is 6.74. The predicted octanol–water partition coefficient (Wildman–Crippen LogP) is 4.88. The summed E-state index contributed by atoms with van der Waals surface area (Å²) in [7, 11) is 0. The first-order valence-corrected chi connectivity index (χ1v) is 12.8. The SMILES string of the molecule is O=C(CCCn1c(SCC(=O)Nc2ccccc2Cl)nc2ccccc2c1=O)NCc1ccccc1. The molecule has 36 heavy (non-hydrogen) atoms. The summed E-state index contributed by atoms with van der Waals surface area (Å²) < 4.78 is 1.54. The smallest absolute Gasteiger partial charge is 0.262 e. The topological polar surface area (TPSA) is 93.1 Å². The van der Waals surface area contributed by atoms with E-state index in [4.69, 9.17) is 11.6 Å². The van der Waals surface area contributed by atoms with Crippen molar-refractivity contribution in [1.82, 2.24) is 14.9 Å². The molecule has 0 aliphatic heterocycles. The van der Waals surface area contributed by atoms with Gasteiger partial charge in [-0.05, 0) is 36.2 Å². The van der Waals surface area contributed by atoms with Crippen molar-refractivity contribution in [3.8, 4) is 0 Å². The minimum absolute atomic E-state index is 0.0492. The molecule has 3 aromatic carbocycles. The number of benzene rings is 3. The van der Waals surface area contributed by atoms with Crippen LogP contribution in [0.1, 0.15) is 18.4 Å². The van der Waals surface area contributed by atoms with Crippen molar-refractivity contribution in [3.63, 3.8) is 0 Å². The van der Waals surface area contributed by atoms with Crippen LogP contribution < -0.4 is 16.2 Å². The third-order valence-corrected chi connectivity index (χ3v) is 6.73. The Kier molecular flexibility index (Phi) is 8.76. The van der Waals surface area contributed by atoms with Crippen LogP contribution in [0, 0.1) is 0 Å². The molecule has 0 spiro atoms. The maximum Gasteiger partial charge on any atom is 0.262 e. The van der Waals surface area contributed by atoms with Crippen LogP contribution in [0.4, 0.5) is 5.69 Å². The summed E-state index contributed by atoms with van der Waals surface area (Å²) in [6.45, 7) is 0.767. The third-order valence-electron chi connectivity index (χ3n) is 5.42. The Morgan fingerprint density at radius 1 is 0.917 bits per heavy atom. The molecule has 2 amide bonds. The number of nitrogens with one attached hydrogen (secondary N) is 2. The standard InChI is InChI=1S/C27H25ClN4O3S/c28-21-12-5-7-14-23(21)30-25(34)18-36-27-31-22-13-6-4-11-20(22)26(35)32(27)16-8-15-24(33)29-17-19-9-2-1-3-10-19/h1-7,9-14H,8,15-18H2,(H,29,33)(H,30,34). The average molecular weight is 521 g/mol. The first-order chi connectivity index (χ1) is 17.5. The number of rotatable bonds is 10. The number of thioether (sulfide) groups is 1. The zero-order chi connectivity index (χ0) is 25.3. The quantitative estimate of drug-likeness (QED) is 0.230. The number of fused-ring (bicyclic) bond motifs is 1. The van der Waals surface area contributed by atoms with Crippen LogP contribution in [0.25, 0.3) is 10.9 Å². The van der Waals surface area contributed by atoms with Crippen LogP contribution in [-0.2, 0) is 22.7 Å². The minimum atomic E-state index is -0.262. The molecule has 4 aromatic rings. The van der Waals surface area contributed by atoms with Gasteiger partial charge in [0.15, 0.2) is 5.16 Å². The van der Waals surface area contributed by atoms with Gasteiger partial charge in [0.05, 0.1) is 27.4 Å². The molecule has 0 aliphatic carbocycles. The van der Waals surface area contributed by atoms with E-state index in [9.17, 15) is 14.4 Å². The lowest BCUT2D eigenvalue weighted by molar-refractivity contribution is -0.121. The van der Waals surface area contributed by atoms with E-state index >= 15 is 0 Å². The van der Waals surface area contributed by atoms with E-state index in [-0.39, 0.29) is 29.5 Å². The Bertz CT molecular complexity index is 1430. The second-order valence-electron chi connectivity index (χ2n) is 8.05. The normalized spacial score (nSPS) is 10.8. The number of para-hydroxylation sites is 2. The van der Waals surface area contributed by atoms with Crippen LogP contribution >= 0.6 is 23.4 Å². The molecule has 184 valence electrons. The van der Waals surface area contributed by atoms with Gasteiger partial charge in [0.1, 0.15) is 0 Å². The van der Waals surface area contributed by atoms with Crippen LogP contribution in [0.5, 0.6) is 0 Å². The van der Waals surface area contributed by atoms with E-state index in [2.05, 4.69) is 15.6 Å². The van der Waals surface area contributed by atoms with Gasteiger partial charge in [-0.2, -0.15) is 0 Å². The lowest BCUT2D eigenvalue weighted by Crippen LogP contribution is -2.26. The van der Waals surface area contributed by atoms with Crippen molar-refractivity contribution in [3.05, 3.63) is 99.8 Å². The van der Waals surface area contributed by atoms with Gasteiger partial charge in [0.25, 0.3) is 5.56 Å². The fourth-order valence-electron chi connectivity index (χ4n) is 3.62. The summed E-state index contributed by atoms with van der Waals surface area (Å²) in [6.07, 6.45) is 0.725. The van der Waals surface area contributed by atoms with Gasteiger partial charge in [-0.3, -0.25) is 19.0 Å². The molecule has 2 N–H and O–H groups in total. The number of hydrogen-bond acceptors (Lipinski definition) is 5. The highest BCUT2D eigenvalue weighted by atomic mass is 35.5. The molecular weight excluding hydrogens is 496 g/mol. The van der Waals surface area contributed by atoms with Crippen LogP contribution in [0.2, 0.25) is 5.02 Å². The van der Waals surface area contributed by atoms with E-state index in [1.165, 1.54) is 11.8 Å². The molecule has 4 rings (SSSR count). The van der Waals surface area contributed by atoms with Gasteiger partial charge < -0.3 is 10.6 Å². The monoisotopic (exact) mass is 520 g/mol. The van der Waals surface area contributed by atoms with E-state index < -0.39 is 0 Å². The molecule has 0 saturated carbocycles. The van der Waals surface area contributed by atoms with Crippen molar-refractivity contribution in [2.45, 2.75) is 31.1 Å². The molecule has 0 aliphatic rings. The molecule has 0 fully saturated rings. The molecule has 0 bridgehead atoms. The summed E-state index contributed by atoms with van der Waals surface area (Å²) in [5.74, 6) is -0.301. The molecule has 0 unspecified atom stereocenters. The maximum absolute atomic E-state index is 13.2. The van der Waals surface area contributed by atoms with E-state index in [0.29, 0.717) is 46.3 Å². The zero-order valence-corrected chi connectivity index (χ0v) is 21.0. The molecule has 7 nitrogen and oxygen atoms in total. The van der Waals surface area contributed by atoms with Gasteiger partial charge in [0, 0.05) is 19.5 Å². The number of amides is 2.